The van der Waals surface area contributed by atoms with Crippen LogP contribution in [0.5, 0.6) is 0 Å². The van der Waals surface area contributed by atoms with Crippen LogP contribution >= 0.6 is 0 Å². The van der Waals surface area contributed by atoms with E-state index >= 15 is 0 Å². The van der Waals surface area contributed by atoms with E-state index in [9.17, 15) is 9.59 Å². The third-order valence-corrected chi connectivity index (χ3v) is 5.66. The van der Waals surface area contributed by atoms with Gasteiger partial charge in [-0.05, 0) is 37.5 Å². The van der Waals surface area contributed by atoms with E-state index in [-0.39, 0.29) is 30.1 Å². The van der Waals surface area contributed by atoms with Gasteiger partial charge in [0.2, 0.25) is 5.91 Å². The molecule has 2 aliphatic rings. The van der Waals surface area contributed by atoms with Gasteiger partial charge in [0.25, 0.3) is 0 Å². The molecule has 3 atom stereocenters. The Morgan fingerprint density at radius 1 is 1.07 bits per heavy atom. The summed E-state index contributed by atoms with van der Waals surface area (Å²) in [5, 5.41) is 3.08. The van der Waals surface area contributed by atoms with E-state index in [1.165, 1.54) is 5.56 Å². The normalized spacial score (nSPS) is 22.7. The fourth-order valence-corrected chi connectivity index (χ4v) is 4.23. The number of nitrogens with zero attached hydrogens (tertiary/aromatic N) is 2. The zero-order valence-corrected chi connectivity index (χ0v) is 15.8. The van der Waals surface area contributed by atoms with Crippen LogP contribution in [0.25, 0.3) is 0 Å². The Morgan fingerprint density at radius 3 is 2.56 bits per heavy atom. The van der Waals surface area contributed by atoms with Crippen molar-refractivity contribution in [1.29, 1.82) is 0 Å². The quantitative estimate of drug-likeness (QED) is 0.907. The number of rotatable bonds is 3. The molecule has 3 unspecified atom stereocenters. The summed E-state index contributed by atoms with van der Waals surface area (Å²) < 4.78 is 0. The molecule has 1 saturated heterocycles. The Kier molecular flexibility index (Phi) is 4.60. The summed E-state index contributed by atoms with van der Waals surface area (Å²) >= 11 is 0. The number of carbonyl (C=O) groups excluding carboxylic acids is 2. The fraction of sp³-hybridized carbons (Fsp3) is 0.364. The first-order valence-electron chi connectivity index (χ1n) is 9.56. The van der Waals surface area contributed by atoms with Crippen molar-refractivity contribution in [2.45, 2.75) is 44.8 Å². The first kappa shape index (κ1) is 17.6. The van der Waals surface area contributed by atoms with Gasteiger partial charge in [-0.3, -0.25) is 9.69 Å². The lowest BCUT2D eigenvalue weighted by Crippen LogP contribution is -2.48. The molecule has 0 saturated carbocycles. The lowest BCUT2D eigenvalue weighted by atomic mass is 10.1. The standard InChI is InChI=1S/C22H25N3O2/c1-15-12-18-10-6-7-11-20(18)25(15)22(27)23-19-13-21(26)24(14-19)16(2)17-8-4-3-5-9-17/h3-11,15-16,19H,12-14H2,1-2H3,(H,23,27). The molecule has 0 bridgehead atoms. The second-order valence-corrected chi connectivity index (χ2v) is 7.54. The summed E-state index contributed by atoms with van der Waals surface area (Å²) in [6.45, 7) is 4.64. The topological polar surface area (TPSA) is 52.7 Å². The van der Waals surface area contributed by atoms with Crippen molar-refractivity contribution in [2.75, 3.05) is 11.4 Å². The third kappa shape index (κ3) is 3.29. The van der Waals surface area contributed by atoms with Gasteiger partial charge in [-0.2, -0.15) is 0 Å². The van der Waals surface area contributed by atoms with E-state index < -0.39 is 0 Å². The minimum atomic E-state index is -0.156. The number of para-hydroxylation sites is 1. The van der Waals surface area contributed by atoms with E-state index in [1.54, 1.807) is 0 Å². The van der Waals surface area contributed by atoms with E-state index in [0.717, 1.165) is 17.7 Å². The maximum atomic E-state index is 12.9. The van der Waals surface area contributed by atoms with E-state index in [4.69, 9.17) is 0 Å². The van der Waals surface area contributed by atoms with Crippen molar-refractivity contribution in [3.05, 3.63) is 65.7 Å². The highest BCUT2D eigenvalue weighted by Crippen LogP contribution is 2.32. The number of likely N-dealkylation sites (tertiary alicyclic amines) is 1. The predicted octanol–water partition coefficient (Wildman–Crippen LogP) is 3.51. The number of anilines is 1. The van der Waals surface area contributed by atoms with Gasteiger partial charge in [0.1, 0.15) is 0 Å². The lowest BCUT2D eigenvalue weighted by Gasteiger charge is -2.27. The van der Waals surface area contributed by atoms with Crippen LogP contribution < -0.4 is 10.2 Å². The first-order chi connectivity index (χ1) is 13.0. The van der Waals surface area contributed by atoms with Crippen LogP contribution in [-0.4, -0.2) is 35.5 Å². The summed E-state index contributed by atoms with van der Waals surface area (Å²) in [5.41, 5.74) is 3.28. The van der Waals surface area contributed by atoms with Crippen LogP contribution in [0.1, 0.15) is 37.4 Å². The van der Waals surface area contributed by atoms with E-state index in [2.05, 4.69) is 18.3 Å². The van der Waals surface area contributed by atoms with E-state index in [0.29, 0.717) is 13.0 Å². The molecule has 3 amide bonds. The maximum Gasteiger partial charge on any atom is 0.322 e. The second-order valence-electron chi connectivity index (χ2n) is 7.54. The SMILES string of the molecule is CC(c1ccccc1)N1CC(NC(=O)N2c3ccccc3CC2C)CC1=O. The van der Waals surface area contributed by atoms with Gasteiger partial charge in [0.05, 0.1) is 12.1 Å². The Bertz CT molecular complexity index is 852. The molecule has 140 valence electrons. The first-order valence-corrected chi connectivity index (χ1v) is 9.56. The third-order valence-electron chi connectivity index (χ3n) is 5.66. The van der Waals surface area contributed by atoms with Gasteiger partial charge in [0, 0.05) is 24.7 Å². The summed E-state index contributed by atoms with van der Waals surface area (Å²) in [7, 11) is 0. The smallest absolute Gasteiger partial charge is 0.322 e. The molecule has 2 aromatic rings. The molecule has 27 heavy (non-hydrogen) atoms. The van der Waals surface area contributed by atoms with Crippen LogP contribution in [0, 0.1) is 0 Å². The largest absolute Gasteiger partial charge is 0.334 e. The molecule has 0 aromatic heterocycles. The molecule has 5 heteroatoms. The Labute approximate surface area is 160 Å². The number of hydrogen-bond acceptors (Lipinski definition) is 2. The average molecular weight is 363 g/mol. The average Bonchev–Trinajstić information content (AvgIpc) is 3.20. The van der Waals surface area contributed by atoms with Gasteiger partial charge in [-0.15, -0.1) is 0 Å². The molecule has 5 nitrogen and oxygen atoms in total. The maximum absolute atomic E-state index is 12.9. The van der Waals surface area contributed by atoms with Crippen LogP contribution in [0.15, 0.2) is 54.6 Å². The molecule has 4 rings (SSSR count). The minimum absolute atomic E-state index is 0.00652. The highest BCUT2D eigenvalue weighted by molar-refractivity contribution is 5.95. The molecule has 0 radical (unpaired) electrons. The number of hydrogen-bond donors (Lipinski definition) is 1. The Balaban J connectivity index is 1.44. The number of fused-ring (bicyclic) bond motifs is 1. The minimum Gasteiger partial charge on any atom is -0.334 e. The molecule has 2 aliphatic heterocycles. The summed E-state index contributed by atoms with van der Waals surface area (Å²) in [6.07, 6.45) is 1.22. The highest BCUT2D eigenvalue weighted by atomic mass is 16.2. The monoisotopic (exact) mass is 363 g/mol. The highest BCUT2D eigenvalue weighted by Gasteiger charge is 2.37. The summed E-state index contributed by atoms with van der Waals surface area (Å²) in [6, 6.07) is 17.9. The van der Waals surface area contributed by atoms with Gasteiger partial charge in [0.15, 0.2) is 0 Å². The van der Waals surface area contributed by atoms with Crippen LogP contribution in [-0.2, 0) is 11.2 Å². The van der Waals surface area contributed by atoms with Gasteiger partial charge in [-0.1, -0.05) is 48.5 Å². The van der Waals surface area contributed by atoms with Crippen LogP contribution in [0.2, 0.25) is 0 Å². The van der Waals surface area contributed by atoms with Gasteiger partial charge < -0.3 is 10.2 Å². The number of amides is 3. The van der Waals surface area contributed by atoms with Crippen molar-refractivity contribution in [1.82, 2.24) is 10.2 Å². The lowest BCUT2D eigenvalue weighted by molar-refractivity contribution is -0.129. The van der Waals surface area contributed by atoms with Gasteiger partial charge in [-0.25, -0.2) is 4.79 Å². The zero-order valence-electron chi connectivity index (χ0n) is 15.8. The Hall–Kier alpha value is -2.82. The zero-order chi connectivity index (χ0) is 19.0. The van der Waals surface area contributed by atoms with Crippen molar-refractivity contribution >= 4 is 17.6 Å². The fourth-order valence-electron chi connectivity index (χ4n) is 4.23. The van der Waals surface area contributed by atoms with Crippen LogP contribution in [0.4, 0.5) is 10.5 Å². The summed E-state index contributed by atoms with van der Waals surface area (Å²) in [5.74, 6) is 0.0894. The molecule has 2 aromatic carbocycles. The number of carbonyl (C=O) groups is 2. The van der Waals surface area contributed by atoms with Crippen LogP contribution in [0.3, 0.4) is 0 Å². The molecule has 0 aliphatic carbocycles. The molecule has 2 heterocycles. The number of benzene rings is 2. The molecule has 1 fully saturated rings. The van der Waals surface area contributed by atoms with Gasteiger partial charge >= 0.3 is 6.03 Å². The number of nitrogens with one attached hydrogen (secondary N) is 1. The molecular formula is C22H25N3O2. The van der Waals surface area contributed by atoms with Crippen molar-refractivity contribution < 1.29 is 9.59 Å². The molecule has 1 N–H and O–H groups in total. The molecule has 0 spiro atoms. The summed E-state index contributed by atoms with van der Waals surface area (Å²) in [4.78, 5) is 29.1. The predicted molar refractivity (Wildman–Crippen MR) is 106 cm³/mol. The van der Waals surface area contributed by atoms with E-state index in [1.807, 2.05) is 65.3 Å². The molecular weight excluding hydrogens is 338 g/mol. The van der Waals surface area contributed by atoms with Crippen molar-refractivity contribution in [3.8, 4) is 0 Å². The second kappa shape index (κ2) is 7.06. The van der Waals surface area contributed by atoms with Crippen molar-refractivity contribution in [2.24, 2.45) is 0 Å². The van der Waals surface area contributed by atoms with Crippen molar-refractivity contribution in [3.63, 3.8) is 0 Å². The number of urea groups is 1. The Morgan fingerprint density at radius 2 is 1.78 bits per heavy atom.